The Morgan fingerprint density at radius 1 is 1.32 bits per heavy atom. The van der Waals surface area contributed by atoms with Crippen LogP contribution in [0.2, 0.25) is 0 Å². The predicted octanol–water partition coefficient (Wildman–Crippen LogP) is 1.94. The highest BCUT2D eigenvalue weighted by molar-refractivity contribution is 7.09. The summed E-state index contributed by atoms with van der Waals surface area (Å²) in [5.41, 5.74) is 0.339. The highest BCUT2D eigenvalue weighted by atomic mass is 32.1. The lowest BCUT2D eigenvalue weighted by Gasteiger charge is -2.04. The summed E-state index contributed by atoms with van der Waals surface area (Å²) in [5, 5.41) is 15.8. The molecule has 0 unspecified atom stereocenters. The van der Waals surface area contributed by atoms with Crippen molar-refractivity contribution in [2.75, 3.05) is 18.4 Å². The monoisotopic (exact) mass is 276 g/mol. The van der Waals surface area contributed by atoms with Gasteiger partial charge in [-0.25, -0.2) is 0 Å². The molecule has 5 nitrogen and oxygen atoms in total. The number of rotatable bonds is 6. The van der Waals surface area contributed by atoms with Gasteiger partial charge in [0.1, 0.15) is 5.82 Å². The number of aromatic nitrogens is 2. The zero-order chi connectivity index (χ0) is 13.5. The number of hydrogen-bond acceptors (Lipinski definition) is 5. The minimum atomic E-state index is -0.194. The Hall–Kier alpha value is -1.95. The standard InChI is InChI=1S/C13H16N4OS/c1-2-14-13(18)11-5-6-12(17-16-11)15-8-7-10-4-3-9-19-10/h3-6,9H,2,7-8H2,1H3,(H,14,18)(H,15,17). The van der Waals surface area contributed by atoms with Crippen LogP contribution in [0, 0.1) is 0 Å². The fraction of sp³-hybridized carbons (Fsp3) is 0.308. The fourth-order valence-electron chi connectivity index (χ4n) is 1.57. The molecule has 2 N–H and O–H groups in total. The number of carbonyl (C=O) groups is 1. The van der Waals surface area contributed by atoms with Gasteiger partial charge in [0.2, 0.25) is 0 Å². The Morgan fingerprint density at radius 3 is 2.84 bits per heavy atom. The summed E-state index contributed by atoms with van der Waals surface area (Å²) in [6, 6.07) is 7.59. The zero-order valence-electron chi connectivity index (χ0n) is 10.7. The van der Waals surface area contributed by atoms with E-state index in [4.69, 9.17) is 0 Å². The Morgan fingerprint density at radius 2 is 2.21 bits per heavy atom. The number of nitrogens with one attached hydrogen (secondary N) is 2. The Balaban J connectivity index is 1.83. The normalized spacial score (nSPS) is 10.2. The van der Waals surface area contributed by atoms with Crippen LogP contribution in [0.15, 0.2) is 29.6 Å². The molecule has 19 heavy (non-hydrogen) atoms. The van der Waals surface area contributed by atoms with Crippen molar-refractivity contribution in [3.8, 4) is 0 Å². The van der Waals surface area contributed by atoms with E-state index in [2.05, 4.69) is 32.3 Å². The van der Waals surface area contributed by atoms with E-state index in [1.807, 2.05) is 13.0 Å². The molecule has 0 saturated carbocycles. The molecule has 1 amide bonds. The number of hydrogen-bond donors (Lipinski definition) is 2. The topological polar surface area (TPSA) is 66.9 Å². The van der Waals surface area contributed by atoms with Crippen LogP contribution in [0.1, 0.15) is 22.3 Å². The molecular formula is C13H16N4OS. The summed E-state index contributed by atoms with van der Waals surface area (Å²) in [5.74, 6) is 0.491. The van der Waals surface area contributed by atoms with Gasteiger partial charge < -0.3 is 10.6 Å². The van der Waals surface area contributed by atoms with E-state index in [-0.39, 0.29) is 5.91 Å². The Bertz CT molecular complexity index is 510. The lowest BCUT2D eigenvalue weighted by atomic mass is 10.3. The minimum Gasteiger partial charge on any atom is -0.368 e. The van der Waals surface area contributed by atoms with Crippen molar-refractivity contribution in [3.63, 3.8) is 0 Å². The second-order valence-electron chi connectivity index (χ2n) is 3.92. The lowest BCUT2D eigenvalue weighted by Crippen LogP contribution is -2.24. The van der Waals surface area contributed by atoms with Crippen molar-refractivity contribution >= 4 is 23.1 Å². The van der Waals surface area contributed by atoms with Crippen LogP contribution < -0.4 is 10.6 Å². The summed E-state index contributed by atoms with van der Waals surface area (Å²) >= 11 is 1.74. The van der Waals surface area contributed by atoms with Crippen LogP contribution in [0.25, 0.3) is 0 Å². The molecule has 0 aliphatic rings. The summed E-state index contributed by atoms with van der Waals surface area (Å²) in [6.07, 6.45) is 0.956. The van der Waals surface area contributed by atoms with Crippen LogP contribution in [-0.2, 0) is 6.42 Å². The van der Waals surface area contributed by atoms with Crippen LogP contribution in [0.4, 0.5) is 5.82 Å². The molecule has 0 aromatic carbocycles. The number of amides is 1. The maximum atomic E-state index is 11.5. The van der Waals surface area contributed by atoms with Crippen molar-refractivity contribution in [1.82, 2.24) is 15.5 Å². The molecule has 0 radical (unpaired) electrons. The SMILES string of the molecule is CCNC(=O)c1ccc(NCCc2cccs2)nn1. The lowest BCUT2D eigenvalue weighted by molar-refractivity contribution is 0.0950. The van der Waals surface area contributed by atoms with Crippen LogP contribution in [0.5, 0.6) is 0 Å². The van der Waals surface area contributed by atoms with Crippen molar-refractivity contribution in [3.05, 3.63) is 40.2 Å². The van der Waals surface area contributed by atoms with E-state index in [1.54, 1.807) is 23.5 Å². The summed E-state index contributed by atoms with van der Waals surface area (Å²) in [7, 11) is 0. The average molecular weight is 276 g/mol. The van der Waals surface area contributed by atoms with Gasteiger partial charge in [0.05, 0.1) is 0 Å². The largest absolute Gasteiger partial charge is 0.368 e. The predicted molar refractivity (Wildman–Crippen MR) is 76.6 cm³/mol. The maximum absolute atomic E-state index is 11.5. The molecule has 6 heteroatoms. The van der Waals surface area contributed by atoms with Gasteiger partial charge in [0.25, 0.3) is 5.91 Å². The van der Waals surface area contributed by atoms with Gasteiger partial charge in [-0.05, 0) is 36.9 Å². The van der Waals surface area contributed by atoms with E-state index in [9.17, 15) is 4.79 Å². The molecule has 2 heterocycles. The first-order valence-electron chi connectivity index (χ1n) is 6.17. The number of anilines is 1. The second kappa shape index (κ2) is 6.84. The molecule has 2 rings (SSSR count). The molecule has 0 fully saturated rings. The van der Waals surface area contributed by atoms with Gasteiger partial charge in [-0.2, -0.15) is 0 Å². The van der Waals surface area contributed by atoms with Gasteiger partial charge in [-0.15, -0.1) is 21.5 Å². The first kappa shape index (κ1) is 13.5. The van der Waals surface area contributed by atoms with Gasteiger partial charge in [0, 0.05) is 18.0 Å². The molecule has 0 atom stereocenters. The average Bonchev–Trinajstić information content (AvgIpc) is 2.93. The quantitative estimate of drug-likeness (QED) is 0.846. The molecule has 0 spiro atoms. The third kappa shape index (κ3) is 4.03. The van der Waals surface area contributed by atoms with Crippen molar-refractivity contribution < 1.29 is 4.79 Å². The summed E-state index contributed by atoms with van der Waals surface area (Å²) in [4.78, 5) is 12.8. The van der Waals surface area contributed by atoms with Gasteiger partial charge in [0.15, 0.2) is 5.69 Å². The number of nitrogens with zero attached hydrogens (tertiary/aromatic N) is 2. The van der Waals surface area contributed by atoms with Crippen LogP contribution in [-0.4, -0.2) is 29.2 Å². The molecule has 0 aliphatic carbocycles. The molecule has 100 valence electrons. The Kier molecular flexibility index (Phi) is 4.85. The van der Waals surface area contributed by atoms with Gasteiger partial charge in [-0.1, -0.05) is 6.07 Å². The van der Waals surface area contributed by atoms with E-state index < -0.39 is 0 Å². The second-order valence-corrected chi connectivity index (χ2v) is 4.95. The molecule has 0 aliphatic heterocycles. The molecule has 2 aromatic rings. The Labute approximate surface area is 116 Å². The molecule has 0 bridgehead atoms. The van der Waals surface area contributed by atoms with Crippen LogP contribution in [0.3, 0.4) is 0 Å². The molecular weight excluding hydrogens is 260 g/mol. The van der Waals surface area contributed by atoms with Crippen LogP contribution >= 0.6 is 11.3 Å². The smallest absolute Gasteiger partial charge is 0.271 e. The minimum absolute atomic E-state index is 0.194. The van der Waals surface area contributed by atoms with Crippen molar-refractivity contribution in [2.24, 2.45) is 0 Å². The van der Waals surface area contributed by atoms with E-state index in [0.29, 0.717) is 18.1 Å². The summed E-state index contributed by atoms with van der Waals surface area (Å²) in [6.45, 7) is 3.25. The third-order valence-corrected chi connectivity index (χ3v) is 3.43. The van der Waals surface area contributed by atoms with Crippen molar-refractivity contribution in [1.29, 1.82) is 0 Å². The highest BCUT2D eigenvalue weighted by Crippen LogP contribution is 2.09. The molecule has 2 aromatic heterocycles. The van der Waals surface area contributed by atoms with Gasteiger partial charge >= 0.3 is 0 Å². The fourth-order valence-corrected chi connectivity index (χ4v) is 2.28. The number of thiophene rings is 1. The first-order valence-corrected chi connectivity index (χ1v) is 7.05. The molecule has 0 saturated heterocycles. The summed E-state index contributed by atoms with van der Waals surface area (Å²) < 4.78 is 0. The van der Waals surface area contributed by atoms with Gasteiger partial charge in [-0.3, -0.25) is 4.79 Å². The zero-order valence-corrected chi connectivity index (χ0v) is 11.5. The van der Waals surface area contributed by atoms with E-state index in [0.717, 1.165) is 13.0 Å². The van der Waals surface area contributed by atoms with E-state index >= 15 is 0 Å². The van der Waals surface area contributed by atoms with Crippen molar-refractivity contribution in [2.45, 2.75) is 13.3 Å². The number of carbonyl (C=O) groups excluding carboxylic acids is 1. The van der Waals surface area contributed by atoms with E-state index in [1.165, 1.54) is 4.88 Å². The maximum Gasteiger partial charge on any atom is 0.271 e. The highest BCUT2D eigenvalue weighted by Gasteiger charge is 2.06. The first-order chi connectivity index (χ1) is 9.29. The third-order valence-electron chi connectivity index (χ3n) is 2.49.